The molecule has 0 aromatic carbocycles. The second kappa shape index (κ2) is 5.18. The molecule has 2 rings (SSSR count). The number of nitrogens with zero attached hydrogens (tertiary/aromatic N) is 3. The first-order valence-corrected chi connectivity index (χ1v) is 6.00. The van der Waals surface area contributed by atoms with Gasteiger partial charge in [0, 0.05) is 32.1 Å². The van der Waals surface area contributed by atoms with Crippen LogP contribution in [0.3, 0.4) is 0 Å². The fraction of sp³-hybridized carbons (Fsp3) is 0.583. The SMILES string of the molecule is C#CCCC1(CCC(=O)ON2C(=O)CCC2=O)N=N1. The van der Waals surface area contributed by atoms with Crippen molar-refractivity contribution in [2.75, 3.05) is 0 Å². The van der Waals surface area contributed by atoms with Crippen molar-refractivity contribution in [3.8, 4) is 12.3 Å². The number of terminal acetylenes is 1. The molecule has 0 saturated carbocycles. The summed E-state index contributed by atoms with van der Waals surface area (Å²) in [7, 11) is 0. The van der Waals surface area contributed by atoms with E-state index in [-0.39, 0.29) is 19.3 Å². The van der Waals surface area contributed by atoms with Crippen molar-refractivity contribution in [3.63, 3.8) is 0 Å². The lowest BCUT2D eigenvalue weighted by Gasteiger charge is -2.13. The van der Waals surface area contributed by atoms with Crippen LogP contribution in [-0.4, -0.2) is 28.5 Å². The number of amides is 2. The molecule has 100 valence electrons. The van der Waals surface area contributed by atoms with Crippen molar-refractivity contribution in [2.24, 2.45) is 10.2 Å². The highest BCUT2D eigenvalue weighted by Crippen LogP contribution is 2.37. The molecule has 0 atom stereocenters. The highest BCUT2D eigenvalue weighted by Gasteiger charge is 2.40. The van der Waals surface area contributed by atoms with Crippen LogP contribution in [-0.2, 0) is 19.2 Å². The summed E-state index contributed by atoms with van der Waals surface area (Å²) < 4.78 is 0. The molecule has 2 aliphatic rings. The Hall–Kier alpha value is -2.23. The number of carbonyl (C=O) groups is 3. The Morgan fingerprint density at radius 3 is 2.47 bits per heavy atom. The van der Waals surface area contributed by atoms with Gasteiger partial charge < -0.3 is 4.84 Å². The molecule has 0 aromatic rings. The van der Waals surface area contributed by atoms with Crippen molar-refractivity contribution in [2.45, 2.75) is 44.2 Å². The van der Waals surface area contributed by atoms with Crippen LogP contribution in [0.2, 0.25) is 0 Å². The maximum Gasteiger partial charge on any atom is 0.333 e. The second-order valence-electron chi connectivity index (χ2n) is 4.43. The summed E-state index contributed by atoms with van der Waals surface area (Å²) in [5.41, 5.74) is -0.565. The summed E-state index contributed by atoms with van der Waals surface area (Å²) >= 11 is 0. The molecule has 0 radical (unpaired) electrons. The second-order valence-corrected chi connectivity index (χ2v) is 4.43. The minimum Gasteiger partial charge on any atom is -0.330 e. The first kappa shape index (κ1) is 13.2. The van der Waals surface area contributed by atoms with Gasteiger partial charge in [-0.25, -0.2) is 4.79 Å². The van der Waals surface area contributed by atoms with Gasteiger partial charge in [-0.1, -0.05) is 0 Å². The average Bonchev–Trinajstić information content (AvgIpc) is 3.11. The predicted octanol–water partition coefficient (Wildman–Crippen LogP) is 0.949. The molecule has 2 heterocycles. The molecule has 2 amide bonds. The van der Waals surface area contributed by atoms with Gasteiger partial charge in [0.2, 0.25) is 0 Å². The third-order valence-electron chi connectivity index (χ3n) is 2.98. The molecule has 1 fully saturated rings. The average molecular weight is 263 g/mol. The van der Waals surface area contributed by atoms with E-state index in [9.17, 15) is 14.4 Å². The Labute approximate surface area is 109 Å². The Kier molecular flexibility index (Phi) is 3.60. The van der Waals surface area contributed by atoms with E-state index in [0.717, 1.165) is 0 Å². The zero-order valence-corrected chi connectivity index (χ0v) is 10.3. The zero-order chi connectivity index (χ0) is 13.9. The quantitative estimate of drug-likeness (QED) is 0.527. The molecule has 0 bridgehead atoms. The molecule has 2 aliphatic heterocycles. The number of hydrogen-bond donors (Lipinski definition) is 0. The summed E-state index contributed by atoms with van der Waals surface area (Å²) in [5.74, 6) is 0.880. The van der Waals surface area contributed by atoms with E-state index >= 15 is 0 Å². The number of carbonyl (C=O) groups excluding carboxylic acids is 3. The molecule has 7 heteroatoms. The van der Waals surface area contributed by atoms with E-state index < -0.39 is 23.4 Å². The first-order chi connectivity index (χ1) is 9.06. The molecule has 19 heavy (non-hydrogen) atoms. The maximum absolute atomic E-state index is 11.5. The molecule has 0 aromatic heterocycles. The van der Waals surface area contributed by atoms with E-state index in [1.165, 1.54) is 0 Å². The maximum atomic E-state index is 11.5. The molecule has 0 N–H and O–H groups in total. The van der Waals surface area contributed by atoms with Gasteiger partial charge in [-0.2, -0.15) is 10.2 Å². The van der Waals surface area contributed by atoms with Gasteiger partial charge in [-0.3, -0.25) is 9.59 Å². The molecular weight excluding hydrogens is 250 g/mol. The van der Waals surface area contributed by atoms with Crippen molar-refractivity contribution < 1.29 is 19.2 Å². The Balaban J connectivity index is 1.75. The van der Waals surface area contributed by atoms with Gasteiger partial charge in [0.15, 0.2) is 5.66 Å². The smallest absolute Gasteiger partial charge is 0.330 e. The van der Waals surface area contributed by atoms with E-state index in [4.69, 9.17) is 11.3 Å². The van der Waals surface area contributed by atoms with E-state index in [2.05, 4.69) is 16.1 Å². The lowest BCUT2D eigenvalue weighted by Crippen LogP contribution is -2.32. The van der Waals surface area contributed by atoms with Crippen LogP contribution in [0.15, 0.2) is 10.2 Å². The van der Waals surface area contributed by atoms with Gasteiger partial charge >= 0.3 is 5.97 Å². The van der Waals surface area contributed by atoms with Gasteiger partial charge in [0.05, 0.1) is 6.42 Å². The molecule has 1 saturated heterocycles. The fourth-order valence-electron chi connectivity index (χ4n) is 1.78. The lowest BCUT2D eigenvalue weighted by atomic mass is 10.0. The highest BCUT2D eigenvalue weighted by molar-refractivity contribution is 6.01. The summed E-state index contributed by atoms with van der Waals surface area (Å²) in [5, 5.41) is 8.30. The van der Waals surface area contributed by atoms with Crippen LogP contribution in [0.1, 0.15) is 38.5 Å². The summed E-state index contributed by atoms with van der Waals surface area (Å²) in [4.78, 5) is 38.8. The van der Waals surface area contributed by atoms with Crippen LogP contribution >= 0.6 is 0 Å². The third-order valence-corrected chi connectivity index (χ3v) is 2.98. The minimum atomic E-state index is -0.638. The number of hydrogen-bond acceptors (Lipinski definition) is 6. The topological polar surface area (TPSA) is 88.4 Å². The van der Waals surface area contributed by atoms with Crippen molar-refractivity contribution >= 4 is 17.8 Å². The minimum absolute atomic E-state index is 0.0363. The predicted molar refractivity (Wildman–Crippen MR) is 62.1 cm³/mol. The molecule has 0 aliphatic carbocycles. The number of hydroxylamine groups is 2. The van der Waals surface area contributed by atoms with Crippen molar-refractivity contribution in [1.82, 2.24) is 5.06 Å². The van der Waals surface area contributed by atoms with Crippen molar-refractivity contribution in [3.05, 3.63) is 0 Å². The van der Waals surface area contributed by atoms with Crippen LogP contribution in [0.5, 0.6) is 0 Å². The third kappa shape index (κ3) is 3.16. The van der Waals surface area contributed by atoms with Crippen LogP contribution < -0.4 is 0 Å². The van der Waals surface area contributed by atoms with Crippen molar-refractivity contribution in [1.29, 1.82) is 0 Å². The molecular formula is C12H13N3O4. The zero-order valence-electron chi connectivity index (χ0n) is 10.3. The summed E-state index contributed by atoms with van der Waals surface area (Å²) in [6, 6.07) is 0. The van der Waals surface area contributed by atoms with Gasteiger partial charge in [-0.05, 0) is 0 Å². The summed E-state index contributed by atoms with van der Waals surface area (Å²) in [6.45, 7) is 0. The molecule has 0 spiro atoms. The van der Waals surface area contributed by atoms with Gasteiger partial charge in [0.1, 0.15) is 0 Å². The number of imide groups is 1. The highest BCUT2D eigenvalue weighted by atomic mass is 16.7. The van der Waals surface area contributed by atoms with E-state index in [0.29, 0.717) is 24.3 Å². The van der Waals surface area contributed by atoms with E-state index in [1.807, 2.05) is 0 Å². The Morgan fingerprint density at radius 2 is 1.95 bits per heavy atom. The van der Waals surface area contributed by atoms with Crippen LogP contribution in [0.4, 0.5) is 0 Å². The van der Waals surface area contributed by atoms with Gasteiger partial charge in [-0.15, -0.1) is 17.4 Å². The Bertz CT molecular complexity index is 470. The largest absolute Gasteiger partial charge is 0.333 e. The van der Waals surface area contributed by atoms with E-state index in [1.54, 1.807) is 0 Å². The summed E-state index contributed by atoms with van der Waals surface area (Å²) in [6.07, 6.45) is 6.87. The monoisotopic (exact) mass is 263 g/mol. The van der Waals surface area contributed by atoms with Crippen LogP contribution in [0, 0.1) is 12.3 Å². The Morgan fingerprint density at radius 1 is 1.32 bits per heavy atom. The lowest BCUT2D eigenvalue weighted by molar-refractivity contribution is -0.197. The fourth-order valence-corrected chi connectivity index (χ4v) is 1.78. The van der Waals surface area contributed by atoms with Gasteiger partial charge in [0.25, 0.3) is 11.8 Å². The number of rotatable bonds is 6. The molecule has 0 unspecified atom stereocenters. The normalized spacial score (nSPS) is 19.4. The first-order valence-electron chi connectivity index (χ1n) is 6.00. The van der Waals surface area contributed by atoms with Crippen LogP contribution in [0.25, 0.3) is 0 Å². The standard InChI is InChI=1S/C12H13N3O4/c1-2-3-7-12(13-14-12)8-6-11(18)19-15-9(16)4-5-10(15)17/h1H,3-8H2. The molecule has 7 nitrogen and oxygen atoms in total.